The summed E-state index contributed by atoms with van der Waals surface area (Å²) in [4.78, 5) is 13.5. The number of ketones is 1. The van der Waals surface area contributed by atoms with Crippen LogP contribution in [0.1, 0.15) is 23.6 Å². The van der Waals surface area contributed by atoms with Crippen molar-refractivity contribution in [3.63, 3.8) is 0 Å². The first kappa shape index (κ1) is 31.0. The number of aromatic hydroxyl groups is 2. The number of aliphatic hydroxyl groups is 14. The largest absolute Gasteiger partial charge is 0.504 e. The third kappa shape index (κ3) is 4.46. The fourth-order valence-electron chi connectivity index (χ4n) is 5.04. The molecule has 0 amide bonds. The number of fused-ring (bicyclic) bond motifs is 3. The van der Waals surface area contributed by atoms with E-state index in [1.165, 1.54) is 0 Å². The van der Waals surface area contributed by atoms with E-state index in [1.807, 2.05) is 0 Å². The van der Waals surface area contributed by atoms with Crippen molar-refractivity contribution in [1.29, 1.82) is 0 Å². The highest BCUT2D eigenvalue weighted by atomic mass is 16.9. The second kappa shape index (κ2) is 9.00. The number of piperidine rings is 1. The smallest absolute Gasteiger partial charge is 0.453 e. The van der Waals surface area contributed by atoms with Crippen LogP contribution in [-0.4, -0.2) is 141 Å². The Morgan fingerprint density at radius 2 is 1.36 bits per heavy atom. The molecule has 0 bridgehead atoms. The normalized spacial score (nSPS) is 22.8. The minimum absolute atomic E-state index is 0.240. The molecule has 3 rings (SSSR count). The predicted molar refractivity (Wildman–Crippen MR) is 111 cm³/mol. The van der Waals surface area contributed by atoms with E-state index in [1.54, 1.807) is 0 Å². The molecule has 1 saturated heterocycles. The van der Waals surface area contributed by atoms with Crippen molar-refractivity contribution in [2.24, 2.45) is 5.92 Å². The van der Waals surface area contributed by atoms with Gasteiger partial charge in [-0.05, 0) is 6.42 Å². The summed E-state index contributed by atoms with van der Waals surface area (Å²) in [5.74, 6) is -27.9. The zero-order valence-corrected chi connectivity index (χ0v) is 19.6. The molecule has 2 unspecified atom stereocenters. The zero-order chi connectivity index (χ0) is 30.3. The van der Waals surface area contributed by atoms with Gasteiger partial charge in [-0.2, -0.15) is 0 Å². The number of hydrogen-bond acceptors (Lipinski definition) is 20. The minimum Gasteiger partial charge on any atom is -0.504 e. The van der Waals surface area contributed by atoms with Gasteiger partial charge in [-0.1, -0.05) is 0 Å². The second-order valence-corrected chi connectivity index (χ2v) is 9.09. The quantitative estimate of drug-likeness (QED) is 0.106. The van der Waals surface area contributed by atoms with Crippen molar-refractivity contribution in [2.45, 2.75) is 54.3 Å². The van der Waals surface area contributed by atoms with E-state index < -0.39 is 101 Å². The summed E-state index contributed by atoms with van der Waals surface area (Å²) in [6.07, 6.45) is -5.61. The summed E-state index contributed by atoms with van der Waals surface area (Å²) >= 11 is 0. The molecule has 20 heteroatoms. The van der Waals surface area contributed by atoms with E-state index in [9.17, 15) is 86.5 Å². The molecule has 0 radical (unpaired) electrons. The number of benzene rings is 1. The van der Waals surface area contributed by atoms with Crippen LogP contribution in [0.5, 0.6) is 23.0 Å². The van der Waals surface area contributed by atoms with E-state index >= 15 is 0 Å². The first-order valence-electron chi connectivity index (χ1n) is 10.6. The molecule has 1 aromatic rings. The topological polar surface area (TPSA) is 362 Å². The summed E-state index contributed by atoms with van der Waals surface area (Å²) in [5.41, 5.74) is -5.97. The summed E-state index contributed by atoms with van der Waals surface area (Å²) in [5, 5.41) is 159. The molecule has 2 heterocycles. The van der Waals surface area contributed by atoms with Gasteiger partial charge in [0, 0.05) is 24.1 Å². The molecular formula is C19H27NO19. The minimum atomic E-state index is -5.15. The molecule has 1 fully saturated rings. The molecule has 39 heavy (non-hydrogen) atoms. The number of carbonyl (C=O) groups is 1. The number of Topliss-reactive ketones (excluding diaryl/α,β-unsaturated/α-hetero) is 1. The van der Waals surface area contributed by atoms with Crippen molar-refractivity contribution in [3.05, 3.63) is 11.1 Å². The van der Waals surface area contributed by atoms with Gasteiger partial charge in [0.2, 0.25) is 23.2 Å². The van der Waals surface area contributed by atoms with Gasteiger partial charge in [0.15, 0.2) is 11.5 Å². The molecule has 2 aliphatic heterocycles. The van der Waals surface area contributed by atoms with Gasteiger partial charge >= 0.3 is 18.1 Å². The highest BCUT2D eigenvalue weighted by Gasteiger charge is 2.79. The standard InChI is InChI=1S/C19H27NO19/c1-38-11-9(22)5-2-3-20-6(8(5)10(23)12(11)39-19(35,36)37)4-7(21)13(15(20,26)27)14(24,25)16(28,17(29,30)31)18(32,33)34/h6,13,22-37H,2-4H2,1H3. The van der Waals surface area contributed by atoms with Crippen LogP contribution in [0, 0.1) is 5.92 Å². The van der Waals surface area contributed by atoms with Gasteiger partial charge in [0.25, 0.3) is 5.60 Å². The van der Waals surface area contributed by atoms with E-state index in [0.29, 0.717) is 4.90 Å². The lowest BCUT2D eigenvalue weighted by Gasteiger charge is -2.56. The Labute approximate surface area is 215 Å². The number of carbonyl (C=O) groups excluding carboxylic acids is 1. The third-order valence-corrected chi connectivity index (χ3v) is 6.69. The van der Waals surface area contributed by atoms with Gasteiger partial charge in [0.05, 0.1) is 13.2 Å². The van der Waals surface area contributed by atoms with Crippen LogP contribution in [0.25, 0.3) is 0 Å². The maximum Gasteiger partial charge on any atom is 0.453 e. The third-order valence-electron chi connectivity index (χ3n) is 6.69. The maximum atomic E-state index is 13.1. The van der Waals surface area contributed by atoms with E-state index in [4.69, 9.17) is 4.74 Å². The molecule has 0 saturated carbocycles. The summed E-state index contributed by atoms with van der Waals surface area (Å²) < 4.78 is 9.22. The van der Waals surface area contributed by atoms with Crippen LogP contribution in [0.2, 0.25) is 0 Å². The van der Waals surface area contributed by atoms with Crippen molar-refractivity contribution in [2.75, 3.05) is 13.7 Å². The van der Waals surface area contributed by atoms with Gasteiger partial charge in [-0.15, -0.1) is 0 Å². The van der Waals surface area contributed by atoms with Crippen molar-refractivity contribution in [1.82, 2.24) is 4.90 Å². The van der Waals surface area contributed by atoms with E-state index in [2.05, 4.69) is 4.74 Å². The lowest BCUT2D eigenvalue weighted by molar-refractivity contribution is -0.553. The van der Waals surface area contributed by atoms with Crippen LogP contribution < -0.4 is 9.47 Å². The fraction of sp³-hybridized carbons (Fsp3) is 0.632. The molecule has 20 nitrogen and oxygen atoms in total. The Hall–Kier alpha value is -2.51. The average Bonchev–Trinajstić information content (AvgIpc) is 2.73. The number of ether oxygens (including phenoxy) is 2. The number of methoxy groups -OCH3 is 1. The Balaban J connectivity index is 2.22. The molecule has 1 aromatic carbocycles. The molecule has 2 atom stereocenters. The molecule has 0 spiro atoms. The number of rotatable bonds is 7. The highest BCUT2D eigenvalue weighted by molar-refractivity contribution is 5.85. The number of phenols is 2. The van der Waals surface area contributed by atoms with Crippen LogP contribution >= 0.6 is 0 Å². The summed E-state index contributed by atoms with van der Waals surface area (Å²) in [6, 6.07) is -1.79. The SMILES string of the molecule is COc1c(O)c2c(c(O)c1OC(O)(O)O)C1CC(=O)C(C(O)(O)C(O)(C(O)(O)O)C(O)(O)O)C(O)(O)N1CC2. The van der Waals surface area contributed by atoms with Crippen LogP contribution in [0.3, 0.4) is 0 Å². The summed E-state index contributed by atoms with van der Waals surface area (Å²) in [7, 11) is 0.939. The number of phenolic OH excluding ortho intramolecular Hbond substituents is 2. The van der Waals surface area contributed by atoms with Gasteiger partial charge in [0.1, 0.15) is 11.7 Å². The lowest BCUT2D eigenvalue weighted by atomic mass is 9.70. The van der Waals surface area contributed by atoms with E-state index in [-0.39, 0.29) is 5.56 Å². The van der Waals surface area contributed by atoms with Crippen molar-refractivity contribution < 1.29 is 96.0 Å². The first-order valence-corrected chi connectivity index (χ1v) is 10.6. The monoisotopic (exact) mass is 573 g/mol. The summed E-state index contributed by atoms with van der Waals surface area (Å²) in [6.45, 7) is -0.658. The molecule has 0 aromatic heterocycles. The van der Waals surface area contributed by atoms with Gasteiger partial charge < -0.3 is 91.2 Å². The molecule has 16 N–H and O–H groups in total. The predicted octanol–water partition coefficient (Wildman–Crippen LogP) is -8.13. The van der Waals surface area contributed by atoms with Gasteiger partial charge in [-0.25, -0.2) is 4.90 Å². The molecule has 0 aliphatic carbocycles. The Kier molecular flexibility index (Phi) is 7.16. The average molecular weight is 573 g/mol. The molecule has 222 valence electrons. The fourth-order valence-corrected chi connectivity index (χ4v) is 5.04. The lowest BCUT2D eigenvalue weighted by Crippen LogP contribution is -2.84. The Morgan fingerprint density at radius 3 is 1.79 bits per heavy atom. The number of nitrogens with zero attached hydrogens (tertiary/aromatic N) is 1. The number of hydrogen-bond donors (Lipinski definition) is 16. The van der Waals surface area contributed by atoms with Crippen LogP contribution in [0.4, 0.5) is 0 Å². The molecule has 2 aliphatic rings. The van der Waals surface area contributed by atoms with Crippen molar-refractivity contribution in [3.8, 4) is 23.0 Å². The van der Waals surface area contributed by atoms with Gasteiger partial charge in [-0.3, -0.25) is 4.79 Å². The second-order valence-electron chi connectivity index (χ2n) is 9.09. The Morgan fingerprint density at radius 1 is 0.846 bits per heavy atom. The van der Waals surface area contributed by atoms with Crippen LogP contribution in [-0.2, 0) is 11.2 Å². The van der Waals surface area contributed by atoms with Crippen LogP contribution in [0.15, 0.2) is 0 Å². The molecular weight excluding hydrogens is 546 g/mol. The first-order chi connectivity index (χ1) is 17.4. The zero-order valence-electron chi connectivity index (χ0n) is 19.6. The Bertz CT molecular complexity index is 1130. The maximum absolute atomic E-state index is 13.1. The highest BCUT2D eigenvalue weighted by Crippen LogP contribution is 2.57. The van der Waals surface area contributed by atoms with Crippen molar-refractivity contribution >= 4 is 5.78 Å². The van der Waals surface area contributed by atoms with E-state index in [0.717, 1.165) is 7.11 Å².